The van der Waals surface area contributed by atoms with Crippen molar-refractivity contribution in [1.82, 2.24) is 14.5 Å². The first-order chi connectivity index (χ1) is 15.4. The van der Waals surface area contributed by atoms with Crippen molar-refractivity contribution in [3.63, 3.8) is 0 Å². The Kier molecular flexibility index (Phi) is 5.49. The lowest BCUT2D eigenvalue weighted by atomic mass is 9.75. The molecule has 1 spiro atoms. The maximum absolute atomic E-state index is 13.7. The van der Waals surface area contributed by atoms with Gasteiger partial charge < -0.3 is 24.6 Å². The number of halogens is 1. The van der Waals surface area contributed by atoms with Gasteiger partial charge in [0.15, 0.2) is 0 Å². The summed E-state index contributed by atoms with van der Waals surface area (Å²) in [7, 11) is 0. The van der Waals surface area contributed by atoms with Crippen molar-refractivity contribution in [2.75, 3.05) is 24.6 Å². The van der Waals surface area contributed by atoms with Crippen molar-refractivity contribution >= 4 is 33.6 Å². The number of aryl methyl sites for hydroxylation is 1. The number of unbranched alkanes of at least 4 members (excludes halogenated alkanes) is 1. The molecule has 1 fully saturated rings. The molecule has 1 aromatic carbocycles. The number of carbonyl (C=O) groups excluding carboxylic acids is 1. The highest BCUT2D eigenvalue weighted by molar-refractivity contribution is 9.10. The summed E-state index contributed by atoms with van der Waals surface area (Å²) >= 11 is 3.51. The summed E-state index contributed by atoms with van der Waals surface area (Å²) in [4.78, 5) is 33.1. The Hall–Kier alpha value is -2.39. The third-order valence-electron chi connectivity index (χ3n) is 7.01. The molecule has 9 heteroatoms. The lowest BCUT2D eigenvalue weighted by Gasteiger charge is -2.45. The Balaban J connectivity index is 1.49. The summed E-state index contributed by atoms with van der Waals surface area (Å²) < 4.78 is 3.13. The van der Waals surface area contributed by atoms with E-state index in [0.717, 1.165) is 72.3 Å². The molecule has 0 saturated carbocycles. The summed E-state index contributed by atoms with van der Waals surface area (Å²) in [6.45, 7) is 1.69. The lowest BCUT2D eigenvalue weighted by molar-refractivity contribution is -0.128. The number of hydrogen-bond acceptors (Lipinski definition) is 4. The first-order valence-electron chi connectivity index (χ1n) is 11.2. The molecule has 3 heterocycles. The first-order valence-corrected chi connectivity index (χ1v) is 12.0. The molecule has 0 bridgehead atoms. The van der Waals surface area contributed by atoms with Crippen LogP contribution in [0.4, 0.5) is 10.5 Å². The molecule has 1 aliphatic carbocycles. The van der Waals surface area contributed by atoms with Gasteiger partial charge in [0.1, 0.15) is 11.2 Å². The minimum atomic E-state index is -0.995. The fraction of sp³-hybridized carbons (Fsp3) is 0.522. The third kappa shape index (κ3) is 3.33. The van der Waals surface area contributed by atoms with Crippen LogP contribution in [0.2, 0.25) is 0 Å². The van der Waals surface area contributed by atoms with Crippen LogP contribution in [0.3, 0.4) is 0 Å². The zero-order valence-corrected chi connectivity index (χ0v) is 19.5. The van der Waals surface area contributed by atoms with Gasteiger partial charge in [0.25, 0.3) is 0 Å². The van der Waals surface area contributed by atoms with Gasteiger partial charge in [0.2, 0.25) is 5.91 Å². The number of likely N-dealkylation sites (tertiary alicyclic amines) is 1. The second-order valence-electron chi connectivity index (χ2n) is 8.98. The maximum atomic E-state index is 13.7. The Labute approximate surface area is 195 Å². The van der Waals surface area contributed by atoms with E-state index in [1.165, 1.54) is 10.6 Å². The molecule has 32 heavy (non-hydrogen) atoms. The van der Waals surface area contributed by atoms with E-state index in [1.54, 1.807) is 4.90 Å². The number of hydrogen-bond donors (Lipinski definition) is 2. The summed E-state index contributed by atoms with van der Waals surface area (Å²) in [5.41, 5.74) is 3.31. The van der Waals surface area contributed by atoms with Gasteiger partial charge in [-0.05, 0) is 62.3 Å². The van der Waals surface area contributed by atoms with Crippen LogP contribution in [0.15, 0.2) is 22.7 Å². The largest absolute Gasteiger partial charge is 0.465 e. The van der Waals surface area contributed by atoms with Crippen molar-refractivity contribution in [1.29, 1.82) is 0 Å². The number of carbonyl (C=O) groups is 2. The van der Waals surface area contributed by atoms with E-state index in [-0.39, 0.29) is 25.6 Å². The normalized spacial score (nSPS) is 18.6. The molecular formula is C23H27BrN4O4. The molecule has 2 amide bonds. The van der Waals surface area contributed by atoms with Crippen molar-refractivity contribution in [3.05, 3.63) is 45.4 Å². The molecule has 0 atom stereocenters. The molecule has 3 aliphatic rings. The minimum Gasteiger partial charge on any atom is -0.465 e. The molecule has 170 valence electrons. The summed E-state index contributed by atoms with van der Waals surface area (Å²) in [5.74, 6) is 0.828. The number of aromatic nitrogens is 2. The number of aliphatic hydroxyl groups excluding tert-OH is 1. The number of carboxylic acid groups (broad SMARTS) is 1. The SMILES string of the molecule is O=C(O)N1CC2(C1)C(=O)N(Cc1nc3c(n1CCCCO)CCCC3)c1ccc(Br)cc12. The average Bonchev–Trinajstić information content (AvgIpc) is 3.20. The van der Waals surface area contributed by atoms with Gasteiger partial charge in [-0.1, -0.05) is 15.9 Å². The van der Waals surface area contributed by atoms with Crippen LogP contribution in [-0.4, -0.2) is 56.4 Å². The lowest BCUT2D eigenvalue weighted by Crippen LogP contribution is -2.65. The predicted octanol–water partition coefficient (Wildman–Crippen LogP) is 3.08. The summed E-state index contributed by atoms with van der Waals surface area (Å²) in [5, 5.41) is 18.6. The average molecular weight is 503 g/mol. The van der Waals surface area contributed by atoms with Crippen molar-refractivity contribution < 1.29 is 19.8 Å². The summed E-state index contributed by atoms with van der Waals surface area (Å²) in [6, 6.07) is 5.81. The number of fused-ring (bicyclic) bond motifs is 3. The van der Waals surface area contributed by atoms with E-state index >= 15 is 0 Å². The Bertz CT molecular complexity index is 1080. The molecule has 0 unspecified atom stereocenters. The number of imidazole rings is 1. The highest BCUT2D eigenvalue weighted by atomic mass is 79.9. The van der Waals surface area contributed by atoms with Gasteiger partial charge in [-0.2, -0.15) is 0 Å². The Morgan fingerprint density at radius 1 is 1.19 bits per heavy atom. The number of amides is 2. The van der Waals surface area contributed by atoms with E-state index in [0.29, 0.717) is 6.54 Å². The number of nitrogens with zero attached hydrogens (tertiary/aromatic N) is 4. The summed E-state index contributed by atoms with van der Waals surface area (Å²) in [6.07, 6.45) is 4.84. The van der Waals surface area contributed by atoms with Crippen LogP contribution in [0.25, 0.3) is 0 Å². The molecule has 1 saturated heterocycles. The smallest absolute Gasteiger partial charge is 0.407 e. The predicted molar refractivity (Wildman–Crippen MR) is 122 cm³/mol. The maximum Gasteiger partial charge on any atom is 0.407 e. The number of anilines is 1. The topological polar surface area (TPSA) is 98.9 Å². The van der Waals surface area contributed by atoms with Crippen LogP contribution in [0.1, 0.15) is 48.5 Å². The minimum absolute atomic E-state index is 0.0500. The Morgan fingerprint density at radius 3 is 2.72 bits per heavy atom. The molecule has 2 aliphatic heterocycles. The highest BCUT2D eigenvalue weighted by Crippen LogP contribution is 2.48. The van der Waals surface area contributed by atoms with Crippen LogP contribution >= 0.6 is 15.9 Å². The molecule has 2 N–H and O–H groups in total. The van der Waals surface area contributed by atoms with Crippen LogP contribution in [-0.2, 0) is 36.1 Å². The monoisotopic (exact) mass is 502 g/mol. The van der Waals surface area contributed by atoms with E-state index in [1.807, 2.05) is 18.2 Å². The van der Waals surface area contributed by atoms with Crippen LogP contribution < -0.4 is 4.90 Å². The van der Waals surface area contributed by atoms with Gasteiger partial charge in [-0.25, -0.2) is 9.78 Å². The fourth-order valence-electron chi connectivity index (χ4n) is 5.38. The van der Waals surface area contributed by atoms with Gasteiger partial charge in [0.05, 0.1) is 12.2 Å². The van der Waals surface area contributed by atoms with E-state index in [2.05, 4.69) is 20.5 Å². The molecule has 8 nitrogen and oxygen atoms in total. The molecular weight excluding hydrogens is 476 g/mol. The zero-order valence-electron chi connectivity index (χ0n) is 17.9. The number of benzene rings is 1. The van der Waals surface area contributed by atoms with Crippen LogP contribution in [0, 0.1) is 0 Å². The first kappa shape index (κ1) is 21.5. The van der Waals surface area contributed by atoms with Crippen molar-refractivity contribution in [3.8, 4) is 0 Å². The molecule has 1 aromatic heterocycles. The van der Waals surface area contributed by atoms with E-state index in [4.69, 9.17) is 4.98 Å². The highest BCUT2D eigenvalue weighted by Gasteiger charge is 2.59. The quantitative estimate of drug-likeness (QED) is 0.591. The molecule has 2 aromatic rings. The number of rotatable bonds is 6. The Morgan fingerprint density at radius 2 is 1.97 bits per heavy atom. The molecule has 0 radical (unpaired) electrons. The van der Waals surface area contributed by atoms with Crippen LogP contribution in [0.5, 0.6) is 0 Å². The second kappa shape index (κ2) is 8.19. The fourth-order valence-corrected chi connectivity index (χ4v) is 5.74. The molecule has 5 rings (SSSR count). The number of aliphatic hydroxyl groups is 1. The zero-order chi connectivity index (χ0) is 22.5. The second-order valence-corrected chi connectivity index (χ2v) is 9.90. The van der Waals surface area contributed by atoms with Gasteiger partial charge >= 0.3 is 6.09 Å². The van der Waals surface area contributed by atoms with Crippen molar-refractivity contribution in [2.45, 2.75) is 57.0 Å². The van der Waals surface area contributed by atoms with Gasteiger partial charge in [-0.15, -0.1) is 0 Å². The van der Waals surface area contributed by atoms with E-state index < -0.39 is 11.5 Å². The van der Waals surface area contributed by atoms with Gasteiger partial charge in [-0.3, -0.25) is 4.79 Å². The van der Waals surface area contributed by atoms with Gasteiger partial charge in [0, 0.05) is 42.1 Å². The standard InChI is InChI=1S/C23H27BrN4O4/c24-15-7-8-18-16(11-15)23(13-26(14-23)22(31)32)21(30)28(18)12-20-25-17-5-1-2-6-19(17)27(20)9-3-4-10-29/h7-8,11,29H,1-6,9-10,12-14H2,(H,31,32). The van der Waals surface area contributed by atoms with E-state index in [9.17, 15) is 19.8 Å². The van der Waals surface area contributed by atoms with Crippen molar-refractivity contribution in [2.24, 2.45) is 0 Å². The third-order valence-corrected chi connectivity index (χ3v) is 7.51.